The second-order valence-electron chi connectivity index (χ2n) is 6.74. The average Bonchev–Trinajstić information content (AvgIpc) is 2.34. The van der Waals surface area contributed by atoms with Crippen molar-refractivity contribution in [2.24, 2.45) is 10.9 Å². The van der Waals surface area contributed by atoms with Gasteiger partial charge in [0, 0.05) is 11.8 Å². The molecular weight excluding hydrogens is 250 g/mol. The fraction of sp³-hybridized carbons (Fsp3) is 0.588. The van der Waals surface area contributed by atoms with Crippen molar-refractivity contribution < 1.29 is 10.2 Å². The molecule has 112 valence electrons. The highest BCUT2D eigenvalue weighted by Crippen LogP contribution is 2.32. The van der Waals surface area contributed by atoms with Crippen LogP contribution in [0.2, 0.25) is 0 Å². The van der Waals surface area contributed by atoms with Gasteiger partial charge in [0.1, 0.15) is 5.75 Å². The van der Waals surface area contributed by atoms with Crippen LogP contribution in [-0.4, -0.2) is 29.1 Å². The Morgan fingerprint density at radius 1 is 1.25 bits per heavy atom. The van der Waals surface area contributed by atoms with E-state index >= 15 is 0 Å². The second kappa shape index (κ2) is 6.89. The molecule has 1 atom stereocenters. The van der Waals surface area contributed by atoms with Crippen LogP contribution in [0.5, 0.6) is 5.75 Å². The van der Waals surface area contributed by atoms with Crippen molar-refractivity contribution in [3.8, 4) is 5.75 Å². The van der Waals surface area contributed by atoms with Gasteiger partial charge in [-0.05, 0) is 29.4 Å². The molecule has 0 radical (unpaired) electrons. The molecule has 1 aromatic carbocycles. The predicted octanol–water partition coefficient (Wildman–Crippen LogP) is 3.52. The highest BCUT2D eigenvalue weighted by atomic mass is 16.3. The van der Waals surface area contributed by atoms with Gasteiger partial charge in [0.2, 0.25) is 0 Å². The summed E-state index contributed by atoms with van der Waals surface area (Å²) < 4.78 is 0. The first-order valence-electron chi connectivity index (χ1n) is 7.22. The summed E-state index contributed by atoms with van der Waals surface area (Å²) in [6.45, 7) is 10.5. The Morgan fingerprint density at radius 2 is 1.90 bits per heavy atom. The molecule has 0 saturated heterocycles. The first-order chi connectivity index (χ1) is 9.25. The molecule has 1 rings (SSSR count). The number of aliphatic hydroxyl groups excluding tert-OH is 1. The van der Waals surface area contributed by atoms with Crippen LogP contribution in [0.25, 0.3) is 0 Å². The smallest absolute Gasteiger partial charge is 0.128 e. The topological polar surface area (TPSA) is 52.8 Å². The fourth-order valence-electron chi connectivity index (χ4n) is 2.18. The maximum atomic E-state index is 10.3. The minimum Gasteiger partial charge on any atom is -0.507 e. The van der Waals surface area contributed by atoms with Gasteiger partial charge >= 0.3 is 0 Å². The van der Waals surface area contributed by atoms with E-state index in [4.69, 9.17) is 0 Å². The Balaban J connectivity index is 2.98. The molecule has 3 heteroatoms. The summed E-state index contributed by atoms with van der Waals surface area (Å²) in [4.78, 5) is 4.40. The molecule has 0 aliphatic heterocycles. The molecule has 0 spiro atoms. The van der Waals surface area contributed by atoms with E-state index in [9.17, 15) is 10.2 Å². The zero-order chi connectivity index (χ0) is 15.3. The Hall–Kier alpha value is -1.35. The molecule has 0 aliphatic carbocycles. The van der Waals surface area contributed by atoms with Crippen molar-refractivity contribution in [1.29, 1.82) is 0 Å². The zero-order valence-corrected chi connectivity index (χ0v) is 13.2. The number of hydrogen-bond acceptors (Lipinski definition) is 3. The molecule has 0 fully saturated rings. The number of rotatable bonds is 5. The summed E-state index contributed by atoms with van der Waals surface area (Å²) in [5.74, 6) is 0.767. The molecule has 0 heterocycles. The third-order valence-corrected chi connectivity index (χ3v) is 3.25. The van der Waals surface area contributed by atoms with Crippen molar-refractivity contribution in [2.45, 2.75) is 52.5 Å². The van der Waals surface area contributed by atoms with Gasteiger partial charge in [-0.3, -0.25) is 4.99 Å². The SMILES string of the molecule is CC(C)C[C@@H](CO)/N=C/c1cccc(C(C)(C)C)c1O. The molecule has 3 nitrogen and oxygen atoms in total. The maximum absolute atomic E-state index is 10.3. The van der Waals surface area contributed by atoms with E-state index in [1.54, 1.807) is 6.21 Å². The number of aliphatic imine (C=N–C) groups is 1. The van der Waals surface area contributed by atoms with Gasteiger partial charge in [0.15, 0.2) is 0 Å². The molecule has 0 aromatic heterocycles. The van der Waals surface area contributed by atoms with Crippen molar-refractivity contribution in [2.75, 3.05) is 6.61 Å². The lowest BCUT2D eigenvalue weighted by atomic mass is 9.85. The molecule has 0 amide bonds. The fourth-order valence-corrected chi connectivity index (χ4v) is 2.18. The average molecular weight is 277 g/mol. The van der Waals surface area contributed by atoms with Crippen LogP contribution in [-0.2, 0) is 5.41 Å². The molecule has 2 N–H and O–H groups in total. The van der Waals surface area contributed by atoms with Gasteiger partial charge in [-0.1, -0.05) is 46.8 Å². The predicted molar refractivity (Wildman–Crippen MR) is 84.7 cm³/mol. The number of phenols is 1. The number of phenolic OH excluding ortho intramolecular Hbond substituents is 1. The Labute approximate surface area is 122 Å². The minimum absolute atomic E-state index is 0.0361. The molecule has 0 saturated carbocycles. The number of hydrogen-bond donors (Lipinski definition) is 2. The third kappa shape index (κ3) is 4.64. The van der Waals surface area contributed by atoms with Crippen molar-refractivity contribution >= 4 is 6.21 Å². The third-order valence-electron chi connectivity index (χ3n) is 3.25. The van der Waals surface area contributed by atoms with Crippen LogP contribution < -0.4 is 0 Å². The van der Waals surface area contributed by atoms with Gasteiger partial charge in [-0.2, -0.15) is 0 Å². The summed E-state index contributed by atoms with van der Waals surface area (Å²) in [5.41, 5.74) is 1.51. The number of aliphatic hydroxyl groups is 1. The monoisotopic (exact) mass is 277 g/mol. The molecule has 0 aliphatic rings. The van der Waals surface area contributed by atoms with Crippen LogP contribution >= 0.6 is 0 Å². The zero-order valence-electron chi connectivity index (χ0n) is 13.2. The second-order valence-corrected chi connectivity index (χ2v) is 6.74. The van der Waals surface area contributed by atoms with Gasteiger partial charge in [-0.25, -0.2) is 0 Å². The number of aromatic hydroxyl groups is 1. The van der Waals surface area contributed by atoms with Crippen molar-refractivity contribution in [3.05, 3.63) is 29.3 Å². The molecular formula is C17H27NO2. The van der Waals surface area contributed by atoms with Crippen LogP contribution in [0.15, 0.2) is 23.2 Å². The van der Waals surface area contributed by atoms with Crippen molar-refractivity contribution in [1.82, 2.24) is 0 Å². The lowest BCUT2D eigenvalue weighted by molar-refractivity contribution is 0.251. The highest BCUT2D eigenvalue weighted by Gasteiger charge is 2.19. The summed E-state index contributed by atoms with van der Waals surface area (Å²) >= 11 is 0. The van der Waals surface area contributed by atoms with E-state index in [2.05, 4.69) is 39.6 Å². The Bertz CT molecular complexity index is 459. The van der Waals surface area contributed by atoms with E-state index in [0.29, 0.717) is 11.5 Å². The quantitative estimate of drug-likeness (QED) is 0.809. The van der Waals surface area contributed by atoms with Crippen LogP contribution in [0.1, 0.15) is 52.2 Å². The van der Waals surface area contributed by atoms with E-state index in [1.165, 1.54) is 0 Å². The van der Waals surface area contributed by atoms with E-state index < -0.39 is 0 Å². The summed E-state index contributed by atoms with van der Waals surface area (Å²) in [6.07, 6.45) is 2.51. The molecule has 0 unspecified atom stereocenters. The lowest BCUT2D eigenvalue weighted by Crippen LogP contribution is -2.14. The van der Waals surface area contributed by atoms with E-state index in [0.717, 1.165) is 12.0 Å². The first kappa shape index (κ1) is 16.7. The molecule has 20 heavy (non-hydrogen) atoms. The standard InChI is InChI=1S/C17H27NO2/c1-12(2)9-14(11-19)18-10-13-7-6-8-15(16(13)20)17(3,4)5/h6-8,10,12,14,19-20H,9,11H2,1-5H3/b18-10+/t14-/m0/s1. The van der Waals surface area contributed by atoms with Gasteiger partial charge in [-0.15, -0.1) is 0 Å². The maximum Gasteiger partial charge on any atom is 0.128 e. The highest BCUT2D eigenvalue weighted by molar-refractivity contribution is 5.84. The van der Waals surface area contributed by atoms with E-state index in [1.807, 2.05) is 18.2 Å². The van der Waals surface area contributed by atoms with Crippen LogP contribution in [0.4, 0.5) is 0 Å². The Kier molecular flexibility index (Phi) is 5.75. The van der Waals surface area contributed by atoms with Gasteiger partial charge < -0.3 is 10.2 Å². The summed E-state index contributed by atoms with van der Waals surface area (Å²) in [7, 11) is 0. The minimum atomic E-state index is -0.109. The summed E-state index contributed by atoms with van der Waals surface area (Å²) in [6, 6.07) is 5.60. The van der Waals surface area contributed by atoms with Crippen LogP contribution in [0, 0.1) is 5.92 Å². The molecule has 1 aromatic rings. The Morgan fingerprint density at radius 3 is 2.40 bits per heavy atom. The largest absolute Gasteiger partial charge is 0.507 e. The number of nitrogens with zero attached hydrogens (tertiary/aromatic N) is 1. The summed E-state index contributed by atoms with van der Waals surface area (Å²) in [5, 5.41) is 19.7. The lowest BCUT2D eigenvalue weighted by Gasteiger charge is -2.21. The van der Waals surface area contributed by atoms with E-state index in [-0.39, 0.29) is 23.8 Å². The first-order valence-corrected chi connectivity index (χ1v) is 7.22. The van der Waals surface area contributed by atoms with Gasteiger partial charge in [0.05, 0.1) is 12.6 Å². The number of benzene rings is 1. The van der Waals surface area contributed by atoms with Crippen molar-refractivity contribution in [3.63, 3.8) is 0 Å². The molecule has 0 bridgehead atoms. The van der Waals surface area contributed by atoms with Crippen LogP contribution in [0.3, 0.4) is 0 Å². The normalized spacial score (nSPS) is 14.2. The van der Waals surface area contributed by atoms with Gasteiger partial charge in [0.25, 0.3) is 0 Å². The number of para-hydroxylation sites is 1.